The quantitative estimate of drug-likeness (QED) is 0.622. The SMILES string of the molecule is O=C(O)[C@@H]1CCCCN1SI. The number of carboxylic acids is 1. The van der Waals surface area contributed by atoms with Crippen LogP contribution in [0.1, 0.15) is 19.3 Å². The summed E-state index contributed by atoms with van der Waals surface area (Å²) in [7, 11) is 1.50. The minimum Gasteiger partial charge on any atom is -0.480 e. The maximum atomic E-state index is 10.7. The van der Waals surface area contributed by atoms with Crippen molar-refractivity contribution in [3.63, 3.8) is 0 Å². The van der Waals surface area contributed by atoms with Gasteiger partial charge in [0.05, 0.1) is 0 Å². The van der Waals surface area contributed by atoms with Crippen molar-refractivity contribution in [1.82, 2.24) is 4.31 Å². The molecule has 0 aromatic heterocycles. The molecule has 1 aliphatic rings. The summed E-state index contributed by atoms with van der Waals surface area (Å²) >= 11 is 2.13. The van der Waals surface area contributed by atoms with Crippen molar-refractivity contribution in [3.05, 3.63) is 0 Å². The molecule has 1 saturated heterocycles. The van der Waals surface area contributed by atoms with Crippen LogP contribution >= 0.6 is 30.3 Å². The third-order valence-electron chi connectivity index (χ3n) is 1.83. The Morgan fingerprint density at radius 2 is 2.36 bits per heavy atom. The molecule has 0 amide bonds. The zero-order chi connectivity index (χ0) is 8.27. The molecule has 0 radical (unpaired) electrons. The molecule has 1 N–H and O–H groups in total. The van der Waals surface area contributed by atoms with E-state index in [4.69, 9.17) is 5.11 Å². The standard InChI is InChI=1S/C6H10INO2S/c7-11-8-4-2-1-3-5(8)6(9)10/h5H,1-4H2,(H,9,10)/t5-/m0/s1. The minimum absolute atomic E-state index is 0.259. The van der Waals surface area contributed by atoms with Crippen molar-refractivity contribution >= 4 is 36.3 Å². The molecule has 0 bridgehead atoms. The van der Waals surface area contributed by atoms with Gasteiger partial charge in [0.2, 0.25) is 0 Å². The second kappa shape index (κ2) is 4.51. The molecule has 1 aliphatic heterocycles. The molecule has 5 heteroatoms. The number of hydrogen-bond acceptors (Lipinski definition) is 3. The van der Waals surface area contributed by atoms with E-state index in [2.05, 4.69) is 21.2 Å². The molecular formula is C6H10INO2S. The molecule has 0 spiro atoms. The molecule has 0 aromatic carbocycles. The van der Waals surface area contributed by atoms with Gasteiger partial charge in [0.25, 0.3) is 0 Å². The number of rotatable bonds is 2. The molecule has 0 aromatic rings. The Hall–Kier alpha value is 0.510. The van der Waals surface area contributed by atoms with Gasteiger partial charge in [-0.1, -0.05) is 0 Å². The van der Waals surface area contributed by atoms with Gasteiger partial charge in [0.15, 0.2) is 0 Å². The molecule has 0 aliphatic carbocycles. The fraction of sp³-hybridized carbons (Fsp3) is 0.833. The first-order valence-electron chi connectivity index (χ1n) is 3.54. The normalized spacial score (nSPS) is 26.8. The molecule has 1 rings (SSSR count). The van der Waals surface area contributed by atoms with Gasteiger partial charge in [-0.15, -0.1) is 0 Å². The summed E-state index contributed by atoms with van der Waals surface area (Å²) < 4.78 is 1.94. The first-order valence-corrected chi connectivity index (χ1v) is 6.85. The van der Waals surface area contributed by atoms with Crippen molar-refractivity contribution in [2.24, 2.45) is 0 Å². The molecule has 64 valence electrons. The Bertz CT molecular complexity index is 156. The van der Waals surface area contributed by atoms with Crippen LogP contribution in [0.3, 0.4) is 0 Å². The number of nitrogens with zero attached hydrogens (tertiary/aromatic N) is 1. The van der Waals surface area contributed by atoms with Gasteiger partial charge in [-0.25, -0.2) is 4.31 Å². The minimum atomic E-state index is -0.686. The molecular weight excluding hydrogens is 277 g/mol. The average molecular weight is 287 g/mol. The summed E-state index contributed by atoms with van der Waals surface area (Å²) in [6.45, 7) is 0.907. The highest BCUT2D eigenvalue weighted by Gasteiger charge is 2.27. The molecule has 3 nitrogen and oxygen atoms in total. The van der Waals surface area contributed by atoms with Crippen LogP contribution in [0.4, 0.5) is 0 Å². The monoisotopic (exact) mass is 287 g/mol. The van der Waals surface area contributed by atoms with E-state index in [0.717, 1.165) is 25.8 Å². The topological polar surface area (TPSA) is 40.5 Å². The summed E-state index contributed by atoms with van der Waals surface area (Å²) in [4.78, 5) is 10.7. The lowest BCUT2D eigenvalue weighted by molar-refractivity contribution is -0.142. The summed E-state index contributed by atoms with van der Waals surface area (Å²) in [5.41, 5.74) is 0. The first kappa shape index (κ1) is 9.60. The average Bonchev–Trinajstić information content (AvgIpc) is 2.04. The van der Waals surface area contributed by atoms with Crippen LogP contribution in [-0.4, -0.2) is 28.0 Å². The van der Waals surface area contributed by atoms with Crippen LogP contribution < -0.4 is 0 Å². The highest BCUT2D eigenvalue weighted by molar-refractivity contribution is 14.2. The second-order valence-electron chi connectivity index (χ2n) is 2.56. The van der Waals surface area contributed by atoms with Gasteiger partial charge in [0, 0.05) is 27.8 Å². The Morgan fingerprint density at radius 1 is 1.64 bits per heavy atom. The lowest BCUT2D eigenvalue weighted by Crippen LogP contribution is -2.39. The van der Waals surface area contributed by atoms with Gasteiger partial charge >= 0.3 is 5.97 Å². The van der Waals surface area contributed by atoms with E-state index >= 15 is 0 Å². The van der Waals surface area contributed by atoms with Gasteiger partial charge in [-0.05, 0) is 28.4 Å². The molecule has 1 fully saturated rings. The first-order chi connectivity index (χ1) is 5.25. The van der Waals surface area contributed by atoms with Crippen molar-refractivity contribution in [2.45, 2.75) is 25.3 Å². The zero-order valence-corrected chi connectivity index (χ0v) is 8.97. The second-order valence-corrected chi connectivity index (χ2v) is 4.35. The Labute approximate surface area is 82.2 Å². The number of carbonyl (C=O) groups is 1. The smallest absolute Gasteiger partial charge is 0.321 e. The van der Waals surface area contributed by atoms with E-state index in [9.17, 15) is 4.79 Å². The Balaban J connectivity index is 2.51. The van der Waals surface area contributed by atoms with E-state index in [0.29, 0.717) is 0 Å². The fourth-order valence-corrected chi connectivity index (χ4v) is 3.14. The lowest BCUT2D eigenvalue weighted by atomic mass is 10.1. The number of hydrogen-bond donors (Lipinski definition) is 1. The number of carboxylic acid groups (broad SMARTS) is 1. The van der Waals surface area contributed by atoms with E-state index in [1.165, 1.54) is 9.12 Å². The maximum absolute atomic E-state index is 10.7. The highest BCUT2D eigenvalue weighted by atomic mass is 127. The number of piperidine rings is 1. The third kappa shape index (κ3) is 2.48. The number of halogens is 1. The number of aliphatic carboxylic acids is 1. The van der Waals surface area contributed by atoms with Crippen LogP contribution in [-0.2, 0) is 4.79 Å². The molecule has 1 atom stereocenters. The fourth-order valence-electron chi connectivity index (χ4n) is 1.23. The van der Waals surface area contributed by atoms with E-state index in [-0.39, 0.29) is 6.04 Å². The molecule has 0 unspecified atom stereocenters. The van der Waals surface area contributed by atoms with E-state index < -0.39 is 5.97 Å². The molecule has 0 saturated carbocycles. The molecule has 1 heterocycles. The predicted octanol–water partition coefficient (Wildman–Crippen LogP) is 1.92. The summed E-state index contributed by atoms with van der Waals surface area (Å²) in [6, 6.07) is -0.259. The van der Waals surface area contributed by atoms with Gasteiger partial charge in [-0.3, -0.25) is 4.79 Å². The third-order valence-corrected chi connectivity index (χ3v) is 3.96. The zero-order valence-electron chi connectivity index (χ0n) is 5.99. The van der Waals surface area contributed by atoms with Crippen LogP contribution in [0.25, 0.3) is 0 Å². The van der Waals surface area contributed by atoms with Gasteiger partial charge < -0.3 is 5.11 Å². The van der Waals surface area contributed by atoms with Crippen LogP contribution in [0.2, 0.25) is 0 Å². The molecule has 11 heavy (non-hydrogen) atoms. The highest BCUT2D eigenvalue weighted by Crippen LogP contribution is 2.28. The van der Waals surface area contributed by atoms with Crippen LogP contribution in [0.5, 0.6) is 0 Å². The largest absolute Gasteiger partial charge is 0.480 e. The Kier molecular flexibility index (Phi) is 3.94. The van der Waals surface area contributed by atoms with E-state index in [1.54, 1.807) is 0 Å². The lowest BCUT2D eigenvalue weighted by Gasteiger charge is -2.29. The van der Waals surface area contributed by atoms with Crippen LogP contribution in [0, 0.1) is 0 Å². The van der Waals surface area contributed by atoms with Gasteiger partial charge in [0.1, 0.15) is 6.04 Å². The maximum Gasteiger partial charge on any atom is 0.321 e. The summed E-state index contributed by atoms with van der Waals surface area (Å²) in [5, 5.41) is 8.78. The van der Waals surface area contributed by atoms with Crippen LogP contribution in [0.15, 0.2) is 0 Å². The van der Waals surface area contributed by atoms with Crippen molar-refractivity contribution in [3.8, 4) is 0 Å². The Morgan fingerprint density at radius 3 is 2.82 bits per heavy atom. The van der Waals surface area contributed by atoms with Crippen molar-refractivity contribution in [2.75, 3.05) is 6.54 Å². The van der Waals surface area contributed by atoms with E-state index in [1.807, 2.05) is 4.31 Å². The summed E-state index contributed by atoms with van der Waals surface area (Å²) in [6.07, 6.45) is 2.97. The predicted molar refractivity (Wildman–Crippen MR) is 53.6 cm³/mol. The van der Waals surface area contributed by atoms with Gasteiger partial charge in [-0.2, -0.15) is 0 Å². The van der Waals surface area contributed by atoms with Crippen molar-refractivity contribution < 1.29 is 9.90 Å². The van der Waals surface area contributed by atoms with Crippen molar-refractivity contribution in [1.29, 1.82) is 0 Å². The summed E-state index contributed by atoms with van der Waals surface area (Å²) in [5.74, 6) is -0.686.